The quantitative estimate of drug-likeness (QED) is 0.515. The molecule has 5 nitrogen and oxygen atoms in total. The van der Waals surface area contributed by atoms with Gasteiger partial charge in [-0.15, -0.1) is 11.3 Å². The van der Waals surface area contributed by atoms with Crippen molar-refractivity contribution in [2.24, 2.45) is 0 Å². The highest BCUT2D eigenvalue weighted by Gasteiger charge is 2.32. The van der Waals surface area contributed by atoms with Crippen LogP contribution in [0.25, 0.3) is 10.4 Å². The summed E-state index contributed by atoms with van der Waals surface area (Å²) in [6.07, 6.45) is -4.37. The number of hydrogen-bond donors (Lipinski definition) is 2. The van der Waals surface area contributed by atoms with Gasteiger partial charge < -0.3 is 5.11 Å². The summed E-state index contributed by atoms with van der Waals surface area (Å²) in [6, 6.07) is 9.85. The second kappa shape index (κ2) is 8.11. The molecule has 2 N–H and O–H groups in total. The van der Waals surface area contributed by atoms with Crippen molar-refractivity contribution in [2.75, 3.05) is 4.72 Å². The molecule has 0 aliphatic carbocycles. The first-order valence-corrected chi connectivity index (χ1v) is 11.0. The van der Waals surface area contributed by atoms with Crippen LogP contribution in [0.1, 0.15) is 28.4 Å². The van der Waals surface area contributed by atoms with Gasteiger partial charge in [0.1, 0.15) is 0 Å². The first-order chi connectivity index (χ1) is 14.0. The minimum absolute atomic E-state index is 0.241. The highest BCUT2D eigenvalue weighted by atomic mass is 32.2. The van der Waals surface area contributed by atoms with Crippen LogP contribution in [-0.4, -0.2) is 19.5 Å². The maximum absolute atomic E-state index is 13.2. The minimum Gasteiger partial charge on any atom is -0.478 e. The number of thiophene rings is 1. The predicted octanol–water partition coefficient (Wildman–Crippen LogP) is 5.50. The van der Waals surface area contributed by atoms with E-state index in [1.807, 2.05) is 0 Å². The number of anilines is 1. The molecule has 0 aliphatic rings. The van der Waals surface area contributed by atoms with Crippen molar-refractivity contribution in [3.05, 3.63) is 70.6 Å². The van der Waals surface area contributed by atoms with Crippen molar-refractivity contribution in [3.63, 3.8) is 0 Å². The minimum atomic E-state index is -4.66. The lowest BCUT2D eigenvalue weighted by Gasteiger charge is -2.16. The van der Waals surface area contributed by atoms with Gasteiger partial charge in [-0.05, 0) is 47.7 Å². The van der Waals surface area contributed by atoms with E-state index < -0.39 is 27.7 Å². The van der Waals surface area contributed by atoms with Crippen LogP contribution in [0.3, 0.4) is 0 Å². The maximum atomic E-state index is 13.2. The lowest BCUT2D eigenvalue weighted by molar-refractivity contribution is -0.137. The van der Waals surface area contributed by atoms with Gasteiger partial charge in [-0.3, -0.25) is 4.72 Å². The number of carboxylic acids is 1. The molecule has 1 heterocycles. The van der Waals surface area contributed by atoms with Gasteiger partial charge in [0, 0.05) is 10.4 Å². The number of rotatable bonds is 6. The number of halogens is 3. The number of hydrogen-bond acceptors (Lipinski definition) is 4. The molecule has 0 saturated carbocycles. The first-order valence-electron chi connectivity index (χ1n) is 8.67. The molecule has 0 amide bonds. The van der Waals surface area contributed by atoms with Crippen LogP contribution in [0.15, 0.2) is 58.8 Å². The number of nitrogens with one attached hydrogen (secondary N) is 1. The molecule has 30 heavy (non-hydrogen) atoms. The van der Waals surface area contributed by atoms with Crippen molar-refractivity contribution < 1.29 is 31.5 Å². The van der Waals surface area contributed by atoms with Gasteiger partial charge in [-0.1, -0.05) is 25.1 Å². The van der Waals surface area contributed by atoms with Crippen molar-refractivity contribution >= 4 is 33.0 Å². The van der Waals surface area contributed by atoms with Crippen LogP contribution in [0.5, 0.6) is 0 Å². The second-order valence-corrected chi connectivity index (χ2v) is 8.92. The molecule has 10 heteroatoms. The Labute approximate surface area is 174 Å². The molecule has 0 atom stereocenters. The second-order valence-electron chi connectivity index (χ2n) is 6.32. The van der Waals surface area contributed by atoms with E-state index in [1.165, 1.54) is 29.5 Å². The summed E-state index contributed by atoms with van der Waals surface area (Å²) in [4.78, 5) is 11.6. The average Bonchev–Trinajstić information content (AvgIpc) is 3.20. The fourth-order valence-corrected chi connectivity index (χ4v) is 5.06. The molecule has 0 radical (unpaired) electrons. The van der Waals surface area contributed by atoms with Crippen molar-refractivity contribution in [3.8, 4) is 10.4 Å². The van der Waals surface area contributed by atoms with Crippen molar-refractivity contribution in [2.45, 2.75) is 24.4 Å². The van der Waals surface area contributed by atoms with E-state index >= 15 is 0 Å². The molecule has 3 aromatic rings. The van der Waals surface area contributed by atoms with Gasteiger partial charge in [0.25, 0.3) is 10.0 Å². The van der Waals surface area contributed by atoms with Crippen LogP contribution in [-0.2, 0) is 22.6 Å². The van der Waals surface area contributed by atoms with Crippen LogP contribution in [0, 0.1) is 0 Å². The Morgan fingerprint density at radius 1 is 1.13 bits per heavy atom. The highest BCUT2D eigenvalue weighted by Crippen LogP contribution is 2.38. The molecule has 0 spiro atoms. The summed E-state index contributed by atoms with van der Waals surface area (Å²) in [5, 5.41) is 10.9. The molecular formula is C20H16F3NO4S2. The standard InChI is InChI=1S/C20H16F3NO4S2/c1-2-12-5-6-13(19(25)26)10-18(12)30(27,28)24-16-11-14(20(21,22)23)7-8-15(16)17-4-3-9-29-17/h3-11,24H,2H2,1H3,(H,25,26). The molecule has 1 aromatic heterocycles. The van der Waals surface area contributed by atoms with Gasteiger partial charge in [0.05, 0.1) is 21.7 Å². The normalized spacial score (nSPS) is 12.0. The Morgan fingerprint density at radius 3 is 2.43 bits per heavy atom. The monoisotopic (exact) mass is 455 g/mol. The Kier molecular flexibility index (Phi) is 5.91. The summed E-state index contributed by atoms with van der Waals surface area (Å²) >= 11 is 1.25. The van der Waals surface area contributed by atoms with Crippen LogP contribution < -0.4 is 4.72 Å². The summed E-state index contributed by atoms with van der Waals surface area (Å²) in [5.41, 5.74) is -0.855. The number of carboxylic acid groups (broad SMARTS) is 1. The zero-order valence-corrected chi connectivity index (χ0v) is 17.2. The Morgan fingerprint density at radius 2 is 1.87 bits per heavy atom. The largest absolute Gasteiger partial charge is 0.478 e. The van der Waals surface area contributed by atoms with Gasteiger partial charge in [0.2, 0.25) is 0 Å². The third-order valence-corrected chi connectivity index (χ3v) is 6.71. The molecule has 3 rings (SSSR count). The first kappa shape index (κ1) is 21.8. The molecule has 0 fully saturated rings. The van der Waals surface area contributed by atoms with Gasteiger partial charge in [-0.2, -0.15) is 13.2 Å². The molecule has 0 aliphatic heterocycles. The van der Waals surface area contributed by atoms with E-state index in [0.29, 0.717) is 10.4 Å². The summed E-state index contributed by atoms with van der Waals surface area (Å²) in [6.45, 7) is 1.69. The summed E-state index contributed by atoms with van der Waals surface area (Å²) < 4.78 is 68.0. The smallest absolute Gasteiger partial charge is 0.416 e. The highest BCUT2D eigenvalue weighted by molar-refractivity contribution is 7.92. The third kappa shape index (κ3) is 4.49. The van der Waals surface area contributed by atoms with E-state index in [4.69, 9.17) is 0 Å². The number of aryl methyl sites for hydroxylation is 1. The van der Waals surface area contributed by atoms with E-state index in [-0.39, 0.29) is 28.1 Å². The number of aromatic carboxylic acids is 1. The Hall–Kier alpha value is -2.85. The molecular weight excluding hydrogens is 439 g/mol. The lowest BCUT2D eigenvalue weighted by Crippen LogP contribution is -2.17. The van der Waals surface area contributed by atoms with E-state index in [1.54, 1.807) is 24.4 Å². The maximum Gasteiger partial charge on any atom is 0.416 e. The van der Waals surface area contributed by atoms with Crippen LogP contribution >= 0.6 is 11.3 Å². The van der Waals surface area contributed by atoms with Gasteiger partial charge >= 0.3 is 12.1 Å². The SMILES string of the molecule is CCc1ccc(C(=O)O)cc1S(=O)(=O)Nc1cc(C(F)(F)F)ccc1-c1cccs1. The van der Waals surface area contributed by atoms with Crippen molar-refractivity contribution in [1.82, 2.24) is 0 Å². The third-order valence-electron chi connectivity index (χ3n) is 4.36. The number of alkyl halides is 3. The van der Waals surface area contributed by atoms with Crippen LogP contribution in [0.2, 0.25) is 0 Å². The van der Waals surface area contributed by atoms with Crippen molar-refractivity contribution in [1.29, 1.82) is 0 Å². The topological polar surface area (TPSA) is 83.5 Å². The number of carbonyl (C=O) groups is 1. The fourth-order valence-electron chi connectivity index (χ4n) is 2.88. The number of sulfonamides is 1. The molecule has 158 valence electrons. The zero-order valence-electron chi connectivity index (χ0n) is 15.5. The van der Waals surface area contributed by atoms with E-state index in [0.717, 1.165) is 18.2 Å². The summed E-state index contributed by atoms with van der Waals surface area (Å²) in [5.74, 6) is -1.31. The fraction of sp³-hybridized carbons (Fsp3) is 0.150. The lowest BCUT2D eigenvalue weighted by atomic mass is 10.1. The van der Waals surface area contributed by atoms with Gasteiger partial charge in [-0.25, -0.2) is 13.2 Å². The van der Waals surface area contributed by atoms with E-state index in [9.17, 15) is 31.5 Å². The zero-order chi connectivity index (χ0) is 22.1. The summed E-state index contributed by atoms with van der Waals surface area (Å²) in [7, 11) is -4.36. The van der Waals surface area contributed by atoms with Crippen LogP contribution in [0.4, 0.5) is 18.9 Å². The van der Waals surface area contributed by atoms with Gasteiger partial charge in [0.15, 0.2) is 0 Å². The Bertz CT molecular complexity index is 1190. The molecule has 0 saturated heterocycles. The molecule has 2 aromatic carbocycles. The molecule has 0 unspecified atom stereocenters. The Balaban J connectivity index is 2.15. The number of benzene rings is 2. The predicted molar refractivity (Wildman–Crippen MR) is 108 cm³/mol. The van der Waals surface area contributed by atoms with E-state index in [2.05, 4.69) is 4.72 Å². The molecule has 0 bridgehead atoms. The average molecular weight is 455 g/mol.